The molecule has 0 amide bonds. The standard InChI is InChI=1S/C12H13ClN2O3/c1-3-18-12(17)11(8(2)16)15-14-10-6-4-5-9(13)7-10/h4-7,16H,3H2,1-2H3/b11-8-,15-14?. The van der Waals surface area contributed by atoms with Crippen LogP contribution < -0.4 is 0 Å². The van der Waals surface area contributed by atoms with Gasteiger partial charge in [-0.3, -0.25) is 0 Å². The summed E-state index contributed by atoms with van der Waals surface area (Å²) < 4.78 is 4.74. The number of carbonyl (C=O) groups excluding carboxylic acids is 1. The highest BCUT2D eigenvalue weighted by Gasteiger charge is 2.13. The van der Waals surface area contributed by atoms with E-state index in [4.69, 9.17) is 16.3 Å². The number of rotatable bonds is 4. The highest BCUT2D eigenvalue weighted by Crippen LogP contribution is 2.19. The molecule has 0 atom stereocenters. The van der Waals surface area contributed by atoms with Gasteiger partial charge in [0, 0.05) is 5.02 Å². The molecule has 0 aromatic heterocycles. The molecule has 0 radical (unpaired) electrons. The van der Waals surface area contributed by atoms with Gasteiger partial charge in [0.15, 0.2) is 0 Å². The number of esters is 1. The van der Waals surface area contributed by atoms with Crippen molar-refractivity contribution < 1.29 is 14.6 Å². The van der Waals surface area contributed by atoms with Gasteiger partial charge < -0.3 is 9.84 Å². The predicted molar refractivity (Wildman–Crippen MR) is 67.9 cm³/mol. The minimum atomic E-state index is -0.719. The fourth-order valence-corrected chi connectivity index (χ4v) is 1.29. The number of azo groups is 1. The predicted octanol–water partition coefficient (Wildman–Crippen LogP) is 3.78. The smallest absolute Gasteiger partial charge is 0.362 e. The number of aliphatic hydroxyl groups excluding tert-OH is 1. The van der Waals surface area contributed by atoms with Gasteiger partial charge in [-0.05, 0) is 32.0 Å². The molecule has 0 heterocycles. The van der Waals surface area contributed by atoms with Crippen molar-refractivity contribution in [1.82, 2.24) is 0 Å². The lowest BCUT2D eigenvalue weighted by Gasteiger charge is -2.01. The summed E-state index contributed by atoms with van der Waals surface area (Å²) in [5.74, 6) is -0.970. The summed E-state index contributed by atoms with van der Waals surface area (Å²) in [5, 5.41) is 17.3. The summed E-state index contributed by atoms with van der Waals surface area (Å²) in [6.07, 6.45) is 0. The van der Waals surface area contributed by atoms with Crippen molar-refractivity contribution in [1.29, 1.82) is 0 Å². The van der Waals surface area contributed by atoms with E-state index in [0.717, 1.165) is 0 Å². The molecule has 0 fully saturated rings. The van der Waals surface area contributed by atoms with E-state index in [1.807, 2.05) is 0 Å². The Hall–Kier alpha value is -1.88. The summed E-state index contributed by atoms with van der Waals surface area (Å²) in [4.78, 5) is 11.5. The Kier molecular flexibility index (Phi) is 5.32. The third-order valence-electron chi connectivity index (χ3n) is 1.89. The molecule has 0 bridgehead atoms. The monoisotopic (exact) mass is 268 g/mol. The molecule has 0 aliphatic rings. The quantitative estimate of drug-likeness (QED) is 0.391. The van der Waals surface area contributed by atoms with Crippen molar-refractivity contribution in [3.8, 4) is 0 Å². The SMILES string of the molecule is CCOC(=O)/C(N=Nc1cccc(Cl)c1)=C(\C)O. The Balaban J connectivity index is 2.92. The Labute approximate surface area is 110 Å². The molecule has 1 aromatic rings. The maximum Gasteiger partial charge on any atom is 0.362 e. The Morgan fingerprint density at radius 2 is 2.22 bits per heavy atom. The van der Waals surface area contributed by atoms with Crippen LogP contribution in [0.4, 0.5) is 5.69 Å². The fraction of sp³-hybridized carbons (Fsp3) is 0.250. The minimum absolute atomic E-state index is 0.197. The molecular weight excluding hydrogens is 256 g/mol. The van der Waals surface area contributed by atoms with Crippen LogP contribution in [0.2, 0.25) is 5.02 Å². The summed E-state index contributed by atoms with van der Waals surface area (Å²) in [6, 6.07) is 6.65. The van der Waals surface area contributed by atoms with E-state index in [-0.39, 0.29) is 18.1 Å². The first kappa shape index (κ1) is 14.2. The van der Waals surface area contributed by atoms with Crippen LogP contribution in [0.15, 0.2) is 46.0 Å². The fourth-order valence-electron chi connectivity index (χ4n) is 1.11. The van der Waals surface area contributed by atoms with Gasteiger partial charge in [0.2, 0.25) is 5.70 Å². The summed E-state index contributed by atoms with van der Waals surface area (Å²) in [6.45, 7) is 3.20. The Morgan fingerprint density at radius 3 is 2.78 bits per heavy atom. The molecule has 0 aliphatic carbocycles. The van der Waals surface area contributed by atoms with E-state index in [2.05, 4.69) is 10.2 Å². The highest BCUT2D eigenvalue weighted by atomic mass is 35.5. The van der Waals surface area contributed by atoms with Gasteiger partial charge in [-0.2, -0.15) is 5.11 Å². The Bertz CT molecular complexity index is 494. The molecule has 0 aliphatic heterocycles. The van der Waals surface area contributed by atoms with Crippen LogP contribution in [-0.4, -0.2) is 17.7 Å². The zero-order chi connectivity index (χ0) is 13.5. The van der Waals surface area contributed by atoms with Gasteiger partial charge in [0.05, 0.1) is 12.3 Å². The van der Waals surface area contributed by atoms with Gasteiger partial charge in [0.25, 0.3) is 0 Å². The topological polar surface area (TPSA) is 71.2 Å². The molecule has 0 saturated carbocycles. The number of benzene rings is 1. The second-order valence-electron chi connectivity index (χ2n) is 3.33. The van der Waals surface area contributed by atoms with Gasteiger partial charge in [-0.15, -0.1) is 5.11 Å². The number of carbonyl (C=O) groups is 1. The van der Waals surface area contributed by atoms with Crippen LogP contribution in [0.5, 0.6) is 0 Å². The largest absolute Gasteiger partial charge is 0.510 e. The van der Waals surface area contributed by atoms with Gasteiger partial charge in [-0.1, -0.05) is 17.7 Å². The second kappa shape index (κ2) is 6.76. The first-order chi connectivity index (χ1) is 8.54. The number of allylic oxidation sites excluding steroid dienone is 1. The molecule has 1 aromatic carbocycles. The number of hydrogen-bond donors (Lipinski definition) is 1. The average Bonchev–Trinajstić information content (AvgIpc) is 2.29. The van der Waals surface area contributed by atoms with E-state index in [1.165, 1.54) is 6.92 Å². The highest BCUT2D eigenvalue weighted by molar-refractivity contribution is 6.30. The molecule has 5 nitrogen and oxygen atoms in total. The van der Waals surface area contributed by atoms with Crippen LogP contribution in [0, 0.1) is 0 Å². The summed E-state index contributed by atoms with van der Waals surface area (Å²) in [5.41, 5.74) is 0.252. The average molecular weight is 269 g/mol. The van der Waals surface area contributed by atoms with Crippen molar-refractivity contribution in [3.63, 3.8) is 0 Å². The molecule has 0 unspecified atom stereocenters. The zero-order valence-corrected chi connectivity index (χ0v) is 10.8. The van der Waals surface area contributed by atoms with E-state index in [0.29, 0.717) is 10.7 Å². The molecule has 18 heavy (non-hydrogen) atoms. The van der Waals surface area contributed by atoms with Crippen molar-refractivity contribution >= 4 is 23.3 Å². The van der Waals surface area contributed by atoms with Gasteiger partial charge >= 0.3 is 5.97 Å². The normalized spacial score (nSPS) is 12.4. The van der Waals surface area contributed by atoms with E-state index in [1.54, 1.807) is 31.2 Å². The zero-order valence-electron chi connectivity index (χ0n) is 10.1. The van der Waals surface area contributed by atoms with Crippen LogP contribution in [-0.2, 0) is 9.53 Å². The van der Waals surface area contributed by atoms with Crippen LogP contribution >= 0.6 is 11.6 Å². The molecule has 96 valence electrons. The first-order valence-corrected chi connectivity index (χ1v) is 5.66. The van der Waals surface area contributed by atoms with Crippen LogP contribution in [0.25, 0.3) is 0 Å². The van der Waals surface area contributed by atoms with Crippen molar-refractivity contribution in [2.45, 2.75) is 13.8 Å². The molecule has 0 saturated heterocycles. The summed E-state index contributed by atoms with van der Waals surface area (Å²) in [7, 11) is 0. The number of hydrogen-bond acceptors (Lipinski definition) is 5. The third kappa shape index (κ3) is 4.18. The lowest BCUT2D eigenvalue weighted by Crippen LogP contribution is -2.07. The second-order valence-corrected chi connectivity index (χ2v) is 3.77. The third-order valence-corrected chi connectivity index (χ3v) is 2.12. The van der Waals surface area contributed by atoms with Crippen molar-refractivity contribution in [2.75, 3.05) is 6.61 Å². The molecular formula is C12H13ClN2O3. The van der Waals surface area contributed by atoms with Gasteiger partial charge in [-0.25, -0.2) is 4.79 Å². The Morgan fingerprint density at radius 1 is 1.50 bits per heavy atom. The van der Waals surface area contributed by atoms with Crippen molar-refractivity contribution in [3.05, 3.63) is 40.7 Å². The first-order valence-electron chi connectivity index (χ1n) is 5.29. The maximum absolute atomic E-state index is 11.5. The number of aliphatic hydroxyl groups is 1. The molecule has 0 spiro atoms. The lowest BCUT2D eigenvalue weighted by atomic mass is 10.3. The summed E-state index contributed by atoms with van der Waals surface area (Å²) >= 11 is 5.78. The van der Waals surface area contributed by atoms with Crippen LogP contribution in [0.3, 0.4) is 0 Å². The van der Waals surface area contributed by atoms with E-state index in [9.17, 15) is 9.90 Å². The van der Waals surface area contributed by atoms with Crippen LogP contribution in [0.1, 0.15) is 13.8 Å². The molecule has 6 heteroatoms. The maximum atomic E-state index is 11.5. The molecule has 1 rings (SSSR count). The number of nitrogens with zero attached hydrogens (tertiary/aromatic N) is 2. The van der Waals surface area contributed by atoms with Gasteiger partial charge in [0.1, 0.15) is 5.76 Å². The number of ether oxygens (including phenoxy) is 1. The molecule has 1 N–H and O–H groups in total. The minimum Gasteiger partial charge on any atom is -0.510 e. The van der Waals surface area contributed by atoms with E-state index < -0.39 is 5.97 Å². The lowest BCUT2D eigenvalue weighted by molar-refractivity contribution is -0.138. The number of halogens is 1. The van der Waals surface area contributed by atoms with E-state index >= 15 is 0 Å². The van der Waals surface area contributed by atoms with Crippen molar-refractivity contribution in [2.24, 2.45) is 10.2 Å².